The van der Waals surface area contributed by atoms with Gasteiger partial charge in [0.25, 0.3) is 0 Å². The Hall–Kier alpha value is -0.540. The van der Waals surface area contributed by atoms with Gasteiger partial charge in [-0.1, -0.05) is 6.08 Å². The van der Waals surface area contributed by atoms with E-state index in [1.165, 1.54) is 0 Å². The topological polar surface area (TPSA) is 52.3 Å². The lowest BCUT2D eigenvalue weighted by molar-refractivity contribution is -0.145. The summed E-state index contributed by atoms with van der Waals surface area (Å²) in [5.74, 6) is 4.63. The third kappa shape index (κ3) is 1.72. The first-order valence-corrected chi connectivity index (χ1v) is 2.82. The van der Waals surface area contributed by atoms with Gasteiger partial charge in [0.05, 0.1) is 5.92 Å². The monoisotopic (exact) mass is 163 g/mol. The van der Waals surface area contributed by atoms with Crippen molar-refractivity contribution >= 4 is 18.4 Å². The van der Waals surface area contributed by atoms with Gasteiger partial charge in [-0.3, -0.25) is 4.79 Å². The minimum Gasteiger partial charge on any atom is -0.373 e. The lowest BCUT2D eigenvalue weighted by Gasteiger charge is -1.90. The first-order valence-electron chi connectivity index (χ1n) is 2.82. The number of halogens is 1. The lowest BCUT2D eigenvalue weighted by atomic mass is 10.3. The van der Waals surface area contributed by atoms with Crippen molar-refractivity contribution in [2.45, 2.75) is 6.42 Å². The molecule has 3 nitrogen and oxygen atoms in total. The molecule has 2 atom stereocenters. The summed E-state index contributed by atoms with van der Waals surface area (Å²) in [5, 5.41) is 0. The third-order valence-corrected chi connectivity index (χ3v) is 1.56. The molecular formula is C6H10ClNO2. The molecule has 0 spiro atoms. The Morgan fingerprint density at radius 3 is 2.70 bits per heavy atom. The molecule has 10 heavy (non-hydrogen) atoms. The second-order valence-corrected chi connectivity index (χ2v) is 2.18. The summed E-state index contributed by atoms with van der Waals surface area (Å²) in [6, 6.07) is 0. The Kier molecular flexibility index (Phi) is 3.39. The molecule has 0 radical (unpaired) electrons. The second-order valence-electron chi connectivity index (χ2n) is 2.18. The highest BCUT2D eigenvalue weighted by molar-refractivity contribution is 5.85. The molecular weight excluding hydrogens is 154 g/mol. The summed E-state index contributed by atoms with van der Waals surface area (Å²) in [6.45, 7) is 3.54. The Bertz CT molecular complexity index is 149. The lowest BCUT2D eigenvalue weighted by Crippen LogP contribution is -2.12. The Balaban J connectivity index is 0.000000810. The largest absolute Gasteiger partial charge is 0.373 e. The van der Waals surface area contributed by atoms with E-state index in [-0.39, 0.29) is 24.3 Å². The molecule has 0 aromatic rings. The van der Waals surface area contributed by atoms with Gasteiger partial charge in [0.15, 0.2) is 0 Å². The van der Waals surface area contributed by atoms with Crippen LogP contribution in [-0.4, -0.2) is 5.97 Å². The minimum absolute atomic E-state index is 0. The SMILES string of the molecule is C=C[C@@H]1C[C@H]1C(=O)ON.Cl. The molecule has 0 unspecified atom stereocenters. The van der Waals surface area contributed by atoms with Gasteiger partial charge < -0.3 is 4.84 Å². The van der Waals surface area contributed by atoms with Crippen LogP contribution in [0.3, 0.4) is 0 Å². The zero-order valence-electron chi connectivity index (χ0n) is 5.45. The van der Waals surface area contributed by atoms with Gasteiger partial charge in [0, 0.05) is 0 Å². The molecule has 1 aliphatic carbocycles. The third-order valence-electron chi connectivity index (χ3n) is 1.56. The van der Waals surface area contributed by atoms with Crippen molar-refractivity contribution in [3.05, 3.63) is 12.7 Å². The predicted octanol–water partition coefficient (Wildman–Crippen LogP) is 0.647. The van der Waals surface area contributed by atoms with Gasteiger partial charge in [0.2, 0.25) is 0 Å². The Morgan fingerprint density at radius 2 is 2.40 bits per heavy atom. The predicted molar refractivity (Wildman–Crippen MR) is 39.3 cm³/mol. The maximum atomic E-state index is 10.5. The quantitative estimate of drug-likeness (QED) is 0.480. The number of rotatable bonds is 2. The number of carbonyl (C=O) groups excluding carboxylic acids is 1. The zero-order valence-corrected chi connectivity index (χ0v) is 6.26. The molecule has 0 aromatic heterocycles. The van der Waals surface area contributed by atoms with E-state index in [1.54, 1.807) is 6.08 Å². The van der Waals surface area contributed by atoms with E-state index in [4.69, 9.17) is 0 Å². The fourth-order valence-electron chi connectivity index (χ4n) is 0.834. The highest BCUT2D eigenvalue weighted by atomic mass is 35.5. The van der Waals surface area contributed by atoms with Crippen LogP contribution in [0.1, 0.15) is 6.42 Å². The van der Waals surface area contributed by atoms with E-state index in [9.17, 15) is 4.79 Å². The number of carbonyl (C=O) groups is 1. The number of nitrogens with two attached hydrogens (primary N) is 1. The van der Waals surface area contributed by atoms with E-state index in [2.05, 4.69) is 17.3 Å². The molecule has 0 heterocycles. The molecule has 0 aliphatic heterocycles. The number of hydrogen-bond donors (Lipinski definition) is 1. The van der Waals surface area contributed by atoms with Gasteiger partial charge in [-0.05, 0) is 12.3 Å². The minimum atomic E-state index is -0.320. The van der Waals surface area contributed by atoms with Crippen LogP contribution in [0.4, 0.5) is 0 Å². The fraction of sp³-hybridized carbons (Fsp3) is 0.500. The molecule has 58 valence electrons. The van der Waals surface area contributed by atoms with E-state index in [0.29, 0.717) is 5.92 Å². The molecule has 0 bridgehead atoms. The van der Waals surface area contributed by atoms with Crippen LogP contribution in [0.25, 0.3) is 0 Å². The van der Waals surface area contributed by atoms with Crippen LogP contribution in [0.5, 0.6) is 0 Å². The highest BCUT2D eigenvalue weighted by Crippen LogP contribution is 2.39. The van der Waals surface area contributed by atoms with Crippen LogP contribution in [0.15, 0.2) is 12.7 Å². The van der Waals surface area contributed by atoms with Crippen molar-refractivity contribution in [2.75, 3.05) is 0 Å². The van der Waals surface area contributed by atoms with Crippen molar-refractivity contribution in [1.82, 2.24) is 0 Å². The van der Waals surface area contributed by atoms with Crippen LogP contribution in [0, 0.1) is 11.8 Å². The van der Waals surface area contributed by atoms with Gasteiger partial charge in [-0.15, -0.1) is 19.0 Å². The van der Waals surface area contributed by atoms with Gasteiger partial charge >= 0.3 is 5.97 Å². The van der Waals surface area contributed by atoms with Crippen LogP contribution in [0.2, 0.25) is 0 Å². The van der Waals surface area contributed by atoms with Crippen molar-refractivity contribution < 1.29 is 9.63 Å². The average Bonchev–Trinajstić information content (AvgIpc) is 2.64. The van der Waals surface area contributed by atoms with Crippen LogP contribution >= 0.6 is 12.4 Å². The van der Waals surface area contributed by atoms with E-state index in [1.807, 2.05) is 0 Å². The Morgan fingerprint density at radius 1 is 1.80 bits per heavy atom. The summed E-state index contributed by atoms with van der Waals surface area (Å²) < 4.78 is 0. The molecule has 1 saturated carbocycles. The average molecular weight is 164 g/mol. The molecule has 0 saturated heterocycles. The van der Waals surface area contributed by atoms with E-state index in [0.717, 1.165) is 6.42 Å². The maximum absolute atomic E-state index is 10.5. The normalized spacial score (nSPS) is 28.1. The Labute approximate surface area is 65.6 Å². The van der Waals surface area contributed by atoms with Crippen molar-refractivity contribution in [1.29, 1.82) is 0 Å². The standard InChI is InChI=1S/C6H9NO2.ClH/c1-2-4-3-5(4)6(8)9-7;/h2,4-5H,1,3,7H2;1H/t4-,5-;/m1./s1. The van der Waals surface area contributed by atoms with E-state index >= 15 is 0 Å². The molecule has 1 rings (SSSR count). The first kappa shape index (κ1) is 9.46. The van der Waals surface area contributed by atoms with Gasteiger partial charge in [-0.25, -0.2) is 0 Å². The summed E-state index contributed by atoms with van der Waals surface area (Å²) in [4.78, 5) is 14.6. The van der Waals surface area contributed by atoms with E-state index < -0.39 is 0 Å². The first-order chi connectivity index (χ1) is 4.29. The summed E-state index contributed by atoms with van der Waals surface area (Å²) in [6.07, 6.45) is 2.60. The van der Waals surface area contributed by atoms with Crippen LogP contribution < -0.4 is 5.90 Å². The molecule has 0 amide bonds. The smallest absolute Gasteiger partial charge is 0.328 e. The van der Waals surface area contributed by atoms with Gasteiger partial charge in [-0.2, -0.15) is 5.90 Å². The summed E-state index contributed by atoms with van der Waals surface area (Å²) in [7, 11) is 0. The molecule has 0 aromatic carbocycles. The fourth-order valence-corrected chi connectivity index (χ4v) is 0.834. The molecule has 1 aliphatic rings. The van der Waals surface area contributed by atoms with Crippen molar-refractivity contribution in [3.8, 4) is 0 Å². The molecule has 4 heteroatoms. The second kappa shape index (κ2) is 3.58. The van der Waals surface area contributed by atoms with Crippen molar-refractivity contribution in [3.63, 3.8) is 0 Å². The maximum Gasteiger partial charge on any atom is 0.328 e. The summed E-state index contributed by atoms with van der Waals surface area (Å²) in [5.41, 5.74) is 0. The van der Waals surface area contributed by atoms with Crippen LogP contribution in [-0.2, 0) is 9.63 Å². The molecule has 2 N–H and O–H groups in total. The zero-order chi connectivity index (χ0) is 6.85. The number of hydrogen-bond acceptors (Lipinski definition) is 3. The van der Waals surface area contributed by atoms with Gasteiger partial charge in [0.1, 0.15) is 0 Å². The summed E-state index contributed by atoms with van der Waals surface area (Å²) >= 11 is 0. The molecule has 1 fully saturated rings. The number of allylic oxidation sites excluding steroid dienone is 1. The van der Waals surface area contributed by atoms with Crippen molar-refractivity contribution in [2.24, 2.45) is 17.7 Å². The highest BCUT2D eigenvalue weighted by Gasteiger charge is 2.41.